The third-order valence-corrected chi connectivity index (χ3v) is 1.82. The summed E-state index contributed by atoms with van der Waals surface area (Å²) in [6.07, 6.45) is 2.90. The van der Waals surface area contributed by atoms with E-state index in [2.05, 4.69) is 19.7 Å². The molecule has 0 unspecified atom stereocenters. The molecule has 0 aliphatic carbocycles. The van der Waals surface area contributed by atoms with Crippen molar-refractivity contribution in [1.29, 1.82) is 0 Å². The number of carbonyl (C=O) groups excluding carboxylic acids is 1. The van der Waals surface area contributed by atoms with Crippen LogP contribution in [0.25, 0.3) is 0 Å². The van der Waals surface area contributed by atoms with Gasteiger partial charge in [-0.1, -0.05) is 32.6 Å². The number of nitrogens with zero attached hydrogens (tertiary/aromatic N) is 1. The summed E-state index contributed by atoms with van der Waals surface area (Å²) >= 11 is 3.99. The zero-order valence-electron chi connectivity index (χ0n) is 7.75. The molecule has 0 aliphatic heterocycles. The van der Waals surface area contributed by atoms with Crippen LogP contribution in [0.4, 0.5) is 4.79 Å². The van der Waals surface area contributed by atoms with Crippen molar-refractivity contribution in [3.63, 3.8) is 0 Å². The van der Waals surface area contributed by atoms with E-state index in [0.717, 1.165) is 19.3 Å². The molecule has 0 atom stereocenters. The standard InChI is InChI=1S/C8H17NO2S/c1-3-5-6-7-9(12)8(10)11-4-2/h12H,3-7H2,1-2H3. The summed E-state index contributed by atoms with van der Waals surface area (Å²) in [5.74, 6) is 0. The summed E-state index contributed by atoms with van der Waals surface area (Å²) in [6.45, 7) is 4.97. The van der Waals surface area contributed by atoms with E-state index in [1.807, 2.05) is 0 Å². The molecule has 0 aromatic rings. The first-order valence-electron chi connectivity index (χ1n) is 4.35. The number of hydrogen-bond acceptors (Lipinski definition) is 3. The minimum absolute atomic E-state index is 0.350. The fourth-order valence-corrected chi connectivity index (χ4v) is 1.00. The largest absolute Gasteiger partial charge is 0.449 e. The van der Waals surface area contributed by atoms with Crippen molar-refractivity contribution < 1.29 is 9.53 Å². The van der Waals surface area contributed by atoms with Gasteiger partial charge in [0.2, 0.25) is 0 Å². The minimum Gasteiger partial charge on any atom is -0.449 e. The molecule has 72 valence electrons. The first kappa shape index (κ1) is 11.6. The molecule has 0 spiro atoms. The number of amides is 1. The first-order valence-corrected chi connectivity index (χ1v) is 4.75. The fraction of sp³-hybridized carbons (Fsp3) is 0.875. The normalized spacial score (nSPS) is 9.58. The summed E-state index contributed by atoms with van der Waals surface area (Å²) < 4.78 is 6.06. The number of unbranched alkanes of at least 4 members (excludes halogenated alkanes) is 2. The van der Waals surface area contributed by atoms with Crippen LogP contribution >= 0.6 is 12.8 Å². The first-order chi connectivity index (χ1) is 5.72. The monoisotopic (exact) mass is 191 g/mol. The van der Waals surface area contributed by atoms with Gasteiger partial charge in [-0.05, 0) is 13.3 Å². The lowest BCUT2D eigenvalue weighted by Gasteiger charge is -2.13. The highest BCUT2D eigenvalue weighted by Crippen LogP contribution is 2.02. The highest BCUT2D eigenvalue weighted by molar-refractivity contribution is 7.78. The number of thiol groups is 1. The van der Waals surface area contributed by atoms with Crippen LogP contribution in [0.5, 0.6) is 0 Å². The van der Waals surface area contributed by atoms with E-state index < -0.39 is 0 Å². The molecule has 3 nitrogen and oxygen atoms in total. The molecule has 0 aliphatic rings. The van der Waals surface area contributed by atoms with Gasteiger partial charge >= 0.3 is 6.09 Å². The van der Waals surface area contributed by atoms with Gasteiger partial charge in [0.25, 0.3) is 0 Å². The summed E-state index contributed by atoms with van der Waals surface area (Å²) in [6, 6.07) is 0. The minimum atomic E-state index is -0.350. The Morgan fingerprint density at radius 2 is 2.08 bits per heavy atom. The quantitative estimate of drug-likeness (QED) is 0.534. The lowest BCUT2D eigenvalue weighted by Crippen LogP contribution is -2.23. The van der Waals surface area contributed by atoms with Gasteiger partial charge in [0, 0.05) is 6.54 Å². The van der Waals surface area contributed by atoms with Gasteiger partial charge in [-0.15, -0.1) is 0 Å². The molecule has 1 amide bonds. The second kappa shape index (κ2) is 7.28. The number of rotatable bonds is 5. The molecule has 0 saturated carbocycles. The predicted octanol–water partition coefficient (Wildman–Crippen LogP) is 2.48. The van der Waals surface area contributed by atoms with Crippen molar-refractivity contribution in [2.24, 2.45) is 0 Å². The van der Waals surface area contributed by atoms with Crippen LogP contribution in [0.3, 0.4) is 0 Å². The van der Waals surface area contributed by atoms with Crippen molar-refractivity contribution in [1.82, 2.24) is 4.31 Å². The van der Waals surface area contributed by atoms with E-state index in [0.29, 0.717) is 13.2 Å². The van der Waals surface area contributed by atoms with E-state index in [1.54, 1.807) is 6.92 Å². The highest BCUT2D eigenvalue weighted by atomic mass is 32.1. The van der Waals surface area contributed by atoms with Crippen LogP contribution < -0.4 is 0 Å². The average molecular weight is 191 g/mol. The van der Waals surface area contributed by atoms with E-state index in [1.165, 1.54) is 4.31 Å². The van der Waals surface area contributed by atoms with Gasteiger partial charge < -0.3 is 4.74 Å². The zero-order chi connectivity index (χ0) is 9.40. The predicted molar refractivity (Wildman–Crippen MR) is 52.2 cm³/mol. The summed E-state index contributed by atoms with van der Waals surface area (Å²) in [7, 11) is 0. The van der Waals surface area contributed by atoms with E-state index in [9.17, 15) is 4.79 Å². The molecular weight excluding hydrogens is 174 g/mol. The van der Waals surface area contributed by atoms with Crippen LogP contribution in [0.1, 0.15) is 33.1 Å². The SMILES string of the molecule is CCCCCN(S)C(=O)OCC. The summed E-state index contributed by atoms with van der Waals surface area (Å²) in [4.78, 5) is 11.0. The fourth-order valence-electron chi connectivity index (χ4n) is 0.801. The molecule has 0 aromatic heterocycles. The average Bonchev–Trinajstić information content (AvgIpc) is 2.05. The molecule has 4 heteroatoms. The van der Waals surface area contributed by atoms with Crippen LogP contribution in [0.2, 0.25) is 0 Å². The van der Waals surface area contributed by atoms with Gasteiger partial charge in [0.15, 0.2) is 0 Å². The van der Waals surface area contributed by atoms with Gasteiger partial charge in [-0.2, -0.15) is 0 Å². The Morgan fingerprint density at radius 1 is 1.42 bits per heavy atom. The zero-order valence-corrected chi connectivity index (χ0v) is 8.64. The van der Waals surface area contributed by atoms with Crippen molar-refractivity contribution in [2.75, 3.05) is 13.2 Å². The summed E-state index contributed by atoms with van der Waals surface area (Å²) in [5.41, 5.74) is 0. The smallest absolute Gasteiger partial charge is 0.419 e. The van der Waals surface area contributed by atoms with Gasteiger partial charge in [-0.25, -0.2) is 4.79 Å². The van der Waals surface area contributed by atoms with E-state index >= 15 is 0 Å². The molecule has 0 N–H and O–H groups in total. The third-order valence-electron chi connectivity index (χ3n) is 1.45. The lowest BCUT2D eigenvalue weighted by atomic mass is 10.2. The molecule has 12 heavy (non-hydrogen) atoms. The van der Waals surface area contributed by atoms with Crippen LogP contribution in [0, 0.1) is 0 Å². The van der Waals surface area contributed by atoms with Crippen molar-refractivity contribution in [2.45, 2.75) is 33.1 Å². The molecule has 0 radical (unpaired) electrons. The Morgan fingerprint density at radius 3 is 2.58 bits per heavy atom. The molecule has 0 bridgehead atoms. The maximum atomic E-state index is 11.0. The van der Waals surface area contributed by atoms with E-state index in [4.69, 9.17) is 4.74 Å². The Kier molecular flexibility index (Phi) is 7.05. The number of ether oxygens (including phenoxy) is 1. The van der Waals surface area contributed by atoms with Crippen LogP contribution in [-0.2, 0) is 4.74 Å². The topological polar surface area (TPSA) is 29.5 Å². The molecule has 0 rings (SSSR count). The number of carbonyl (C=O) groups is 1. The second-order valence-corrected chi connectivity index (χ2v) is 3.01. The molecule has 0 aromatic carbocycles. The Labute approximate surface area is 79.6 Å². The maximum Gasteiger partial charge on any atom is 0.419 e. The van der Waals surface area contributed by atoms with Crippen molar-refractivity contribution >= 4 is 18.9 Å². The number of hydrogen-bond donors (Lipinski definition) is 1. The Bertz CT molecular complexity index is 130. The molecule has 0 heterocycles. The van der Waals surface area contributed by atoms with Crippen LogP contribution in [-0.4, -0.2) is 23.6 Å². The Balaban J connectivity index is 3.42. The third kappa shape index (κ3) is 5.29. The Hall–Kier alpha value is -0.380. The summed E-state index contributed by atoms with van der Waals surface area (Å²) in [5, 5.41) is 0. The lowest BCUT2D eigenvalue weighted by molar-refractivity contribution is 0.134. The molecular formula is C8H17NO2S. The van der Waals surface area contributed by atoms with E-state index in [-0.39, 0.29) is 6.09 Å². The molecule has 0 saturated heterocycles. The second-order valence-electron chi connectivity index (χ2n) is 2.53. The van der Waals surface area contributed by atoms with Gasteiger partial charge in [-0.3, -0.25) is 4.31 Å². The van der Waals surface area contributed by atoms with Crippen molar-refractivity contribution in [3.05, 3.63) is 0 Å². The van der Waals surface area contributed by atoms with Gasteiger partial charge in [0.05, 0.1) is 6.61 Å². The van der Waals surface area contributed by atoms with Gasteiger partial charge in [0.1, 0.15) is 0 Å². The molecule has 0 fully saturated rings. The maximum absolute atomic E-state index is 11.0. The van der Waals surface area contributed by atoms with Crippen LogP contribution in [0.15, 0.2) is 0 Å². The highest BCUT2D eigenvalue weighted by Gasteiger charge is 2.08. The van der Waals surface area contributed by atoms with Crippen molar-refractivity contribution in [3.8, 4) is 0 Å².